The number of rotatable bonds is 4. The van der Waals surface area contributed by atoms with Gasteiger partial charge in [0.1, 0.15) is 11.6 Å². The Morgan fingerprint density at radius 3 is 2.37 bits per heavy atom. The molecule has 4 rings (SSSR count). The minimum absolute atomic E-state index is 0.0287. The molecule has 1 N–H and O–H groups in total. The number of methoxy groups -OCH3 is 1. The summed E-state index contributed by atoms with van der Waals surface area (Å²) in [7, 11) is -0.861. The molecule has 2 unspecified atom stereocenters. The van der Waals surface area contributed by atoms with Crippen LogP contribution in [0.15, 0.2) is 48.7 Å². The summed E-state index contributed by atoms with van der Waals surface area (Å²) in [6.45, 7) is 10.6. The second-order valence-electron chi connectivity index (χ2n) is 10.4. The molecule has 0 spiro atoms. The highest BCUT2D eigenvalue weighted by Gasteiger charge is 2.49. The van der Waals surface area contributed by atoms with E-state index in [-0.39, 0.29) is 28.9 Å². The van der Waals surface area contributed by atoms with Gasteiger partial charge in [0.15, 0.2) is 8.32 Å². The number of hydrogen-bond acceptors (Lipinski definition) is 4. The Balaban J connectivity index is 1.87. The lowest BCUT2D eigenvalue weighted by molar-refractivity contribution is 0.0715. The summed E-state index contributed by atoms with van der Waals surface area (Å²) < 4.78 is 25.8. The highest BCUT2D eigenvalue weighted by molar-refractivity contribution is 6.74. The lowest BCUT2D eigenvalue weighted by atomic mass is 9.99. The maximum Gasteiger partial charge on any atom is 0.411 e. The predicted octanol–water partition coefficient (Wildman–Crippen LogP) is 5.59. The quantitative estimate of drug-likeness (QED) is 0.556. The average molecular weight is 499 g/mol. The monoisotopic (exact) mass is 498 g/mol. The summed E-state index contributed by atoms with van der Waals surface area (Å²) in [6, 6.07) is 10.3. The van der Waals surface area contributed by atoms with E-state index in [0.29, 0.717) is 11.4 Å². The first kappa shape index (κ1) is 24.9. The van der Waals surface area contributed by atoms with E-state index in [1.54, 1.807) is 41.4 Å². The third-order valence-corrected chi connectivity index (χ3v) is 11.7. The third-order valence-electron chi connectivity index (χ3n) is 7.26. The standard InChI is InChI=1S/C26H31FN2O5Si/c1-26(2,3)35(5,6)34-23-20(16-7-9-17(27)10-8-16)14-28-22(23)15-29(25(31)32)21-12-11-18(33-4)13-19(21)24(28)30/h7-14,22-23H,15H2,1-6H3,(H,31,32). The summed E-state index contributed by atoms with van der Waals surface area (Å²) in [5.74, 6) is -0.247. The van der Waals surface area contributed by atoms with Gasteiger partial charge in [-0.25, -0.2) is 9.18 Å². The van der Waals surface area contributed by atoms with Gasteiger partial charge in [0.05, 0.1) is 37.1 Å². The lowest BCUT2D eigenvalue weighted by Crippen LogP contribution is -2.52. The highest BCUT2D eigenvalue weighted by Crippen LogP contribution is 2.44. The van der Waals surface area contributed by atoms with Crippen LogP contribution in [-0.2, 0) is 4.43 Å². The van der Waals surface area contributed by atoms with Crippen molar-refractivity contribution in [1.29, 1.82) is 0 Å². The van der Waals surface area contributed by atoms with Crippen molar-refractivity contribution in [2.24, 2.45) is 0 Å². The maximum atomic E-state index is 13.8. The van der Waals surface area contributed by atoms with Crippen molar-refractivity contribution in [3.05, 3.63) is 65.6 Å². The molecule has 2 aliphatic rings. The number of benzene rings is 2. The Kier molecular flexibility index (Phi) is 6.27. The van der Waals surface area contributed by atoms with E-state index in [0.717, 1.165) is 11.1 Å². The molecule has 0 saturated heterocycles. The van der Waals surface area contributed by atoms with Crippen LogP contribution in [0.25, 0.3) is 5.57 Å². The number of carboxylic acid groups (broad SMARTS) is 1. The minimum atomic E-state index is -2.35. The number of amides is 2. The van der Waals surface area contributed by atoms with Gasteiger partial charge >= 0.3 is 6.09 Å². The van der Waals surface area contributed by atoms with Crippen molar-refractivity contribution >= 4 is 31.6 Å². The fourth-order valence-corrected chi connectivity index (χ4v) is 5.51. The number of ether oxygens (including phenoxy) is 1. The molecular formula is C26H31FN2O5Si. The van der Waals surface area contributed by atoms with E-state index in [2.05, 4.69) is 33.9 Å². The molecule has 0 saturated carbocycles. The summed E-state index contributed by atoms with van der Waals surface area (Å²) in [5, 5.41) is 9.96. The number of anilines is 1. The zero-order chi connectivity index (χ0) is 25.7. The molecule has 2 aliphatic heterocycles. The van der Waals surface area contributed by atoms with Crippen molar-refractivity contribution in [2.75, 3.05) is 18.6 Å². The van der Waals surface area contributed by atoms with Crippen LogP contribution in [-0.4, -0.2) is 56.1 Å². The first-order chi connectivity index (χ1) is 16.3. The van der Waals surface area contributed by atoms with E-state index in [1.807, 2.05) is 0 Å². The van der Waals surface area contributed by atoms with Crippen molar-refractivity contribution < 1.29 is 28.2 Å². The molecule has 2 heterocycles. The van der Waals surface area contributed by atoms with Gasteiger partial charge in [0, 0.05) is 11.8 Å². The van der Waals surface area contributed by atoms with Crippen LogP contribution >= 0.6 is 0 Å². The average Bonchev–Trinajstić information content (AvgIpc) is 3.07. The van der Waals surface area contributed by atoms with Gasteiger partial charge in [-0.2, -0.15) is 0 Å². The van der Waals surface area contributed by atoms with Gasteiger partial charge in [0.2, 0.25) is 0 Å². The number of halogens is 1. The van der Waals surface area contributed by atoms with E-state index >= 15 is 0 Å². The number of hydrogen-bond donors (Lipinski definition) is 1. The molecule has 2 aromatic rings. The topological polar surface area (TPSA) is 79.3 Å². The SMILES string of the molecule is COc1ccc2c(c1)C(=O)N1C=C(c3ccc(F)cc3)C(O[Si](C)(C)C(C)(C)C)C1CN2C(=O)O. The first-order valence-corrected chi connectivity index (χ1v) is 14.4. The number of fused-ring (bicyclic) bond motifs is 2. The first-order valence-electron chi connectivity index (χ1n) is 11.5. The molecule has 0 radical (unpaired) electrons. The van der Waals surface area contributed by atoms with Crippen molar-refractivity contribution in [3.8, 4) is 5.75 Å². The molecule has 0 bridgehead atoms. The molecule has 0 fully saturated rings. The van der Waals surface area contributed by atoms with Crippen LogP contribution in [0, 0.1) is 5.82 Å². The van der Waals surface area contributed by atoms with Gasteiger partial charge in [-0.15, -0.1) is 0 Å². The molecule has 0 aromatic heterocycles. The van der Waals surface area contributed by atoms with Gasteiger partial charge in [-0.3, -0.25) is 9.69 Å². The van der Waals surface area contributed by atoms with E-state index in [9.17, 15) is 19.1 Å². The number of carbonyl (C=O) groups is 2. The van der Waals surface area contributed by atoms with Crippen LogP contribution in [0.2, 0.25) is 18.1 Å². The summed E-state index contributed by atoms with van der Waals surface area (Å²) in [5.41, 5.74) is 1.99. The molecule has 2 amide bonds. The summed E-state index contributed by atoms with van der Waals surface area (Å²) in [6.07, 6.45) is -0.0112. The van der Waals surface area contributed by atoms with Gasteiger partial charge in [0.25, 0.3) is 5.91 Å². The second kappa shape index (κ2) is 8.80. The Morgan fingerprint density at radius 1 is 1.14 bits per heavy atom. The van der Waals surface area contributed by atoms with Crippen LogP contribution in [0.4, 0.5) is 14.9 Å². The molecule has 9 heteroatoms. The van der Waals surface area contributed by atoms with Crippen LogP contribution < -0.4 is 9.64 Å². The highest BCUT2D eigenvalue weighted by atomic mass is 28.4. The molecule has 0 aliphatic carbocycles. The fraction of sp³-hybridized carbons (Fsp3) is 0.385. The Labute approximate surface area is 205 Å². The fourth-order valence-electron chi connectivity index (χ4n) is 4.24. The van der Waals surface area contributed by atoms with Crippen molar-refractivity contribution in [1.82, 2.24) is 4.90 Å². The molecule has 2 aromatic carbocycles. The molecule has 7 nitrogen and oxygen atoms in total. The molecule has 186 valence electrons. The van der Waals surface area contributed by atoms with Crippen molar-refractivity contribution in [2.45, 2.75) is 51.0 Å². The van der Waals surface area contributed by atoms with Gasteiger partial charge in [-0.05, 0) is 54.0 Å². The Morgan fingerprint density at radius 2 is 1.80 bits per heavy atom. The summed E-state index contributed by atoms with van der Waals surface area (Å²) >= 11 is 0. The van der Waals surface area contributed by atoms with E-state index in [4.69, 9.17) is 9.16 Å². The van der Waals surface area contributed by atoms with Crippen LogP contribution in [0.5, 0.6) is 5.75 Å². The Bertz CT molecular complexity index is 1190. The van der Waals surface area contributed by atoms with Crippen LogP contribution in [0.1, 0.15) is 36.7 Å². The lowest BCUT2D eigenvalue weighted by Gasteiger charge is -2.41. The minimum Gasteiger partial charge on any atom is -0.497 e. The smallest absolute Gasteiger partial charge is 0.411 e. The molecule has 2 atom stereocenters. The molecule has 35 heavy (non-hydrogen) atoms. The normalized spacial score (nSPS) is 20.2. The van der Waals surface area contributed by atoms with Gasteiger partial charge in [-0.1, -0.05) is 32.9 Å². The van der Waals surface area contributed by atoms with Crippen molar-refractivity contribution in [3.63, 3.8) is 0 Å². The number of carbonyl (C=O) groups excluding carboxylic acids is 1. The largest absolute Gasteiger partial charge is 0.497 e. The van der Waals surface area contributed by atoms with E-state index < -0.39 is 26.6 Å². The van der Waals surface area contributed by atoms with Gasteiger partial charge < -0.3 is 19.2 Å². The van der Waals surface area contributed by atoms with Crippen LogP contribution in [0.3, 0.4) is 0 Å². The summed E-state index contributed by atoms with van der Waals surface area (Å²) in [4.78, 5) is 28.9. The zero-order valence-electron chi connectivity index (χ0n) is 20.8. The third kappa shape index (κ3) is 4.46. The Hall–Kier alpha value is -3.17. The number of nitrogens with zero attached hydrogens (tertiary/aromatic N) is 2. The predicted molar refractivity (Wildman–Crippen MR) is 135 cm³/mol. The maximum absolute atomic E-state index is 13.8. The van der Waals surface area contributed by atoms with E-state index in [1.165, 1.54) is 24.1 Å². The zero-order valence-corrected chi connectivity index (χ0v) is 21.8. The molecular weight excluding hydrogens is 467 g/mol. The second-order valence-corrected chi connectivity index (χ2v) is 15.2.